The third-order valence-electron chi connectivity index (χ3n) is 6.96. The monoisotopic (exact) mass is 622 g/mol. The van der Waals surface area contributed by atoms with Gasteiger partial charge in [0.2, 0.25) is 0 Å². The molecule has 1 unspecified atom stereocenters. The van der Waals surface area contributed by atoms with Crippen LogP contribution in [0.5, 0.6) is 17.2 Å². The Hall–Kier alpha value is -4.32. The number of hydrogen-bond donors (Lipinski definition) is 2. The maximum absolute atomic E-state index is 14.6. The minimum absolute atomic E-state index is 0.111. The van der Waals surface area contributed by atoms with Crippen molar-refractivity contribution in [3.63, 3.8) is 0 Å². The van der Waals surface area contributed by atoms with E-state index in [1.807, 2.05) is 39.8 Å². The summed E-state index contributed by atoms with van der Waals surface area (Å²) in [5, 5.41) is 9.30. The van der Waals surface area contributed by atoms with Crippen molar-refractivity contribution in [1.29, 1.82) is 0 Å². The van der Waals surface area contributed by atoms with Crippen LogP contribution >= 0.6 is 0 Å². The van der Waals surface area contributed by atoms with Crippen LogP contribution in [0.4, 0.5) is 14.5 Å². The minimum atomic E-state index is -1.40. The molecule has 0 radical (unpaired) electrons. The highest BCUT2D eigenvalue weighted by atomic mass is 32.2. The minimum Gasteiger partial charge on any atom is -0.593 e. The van der Waals surface area contributed by atoms with E-state index in [9.17, 15) is 18.1 Å². The van der Waals surface area contributed by atoms with Crippen LogP contribution in [0, 0.1) is 25.5 Å². The van der Waals surface area contributed by atoms with Gasteiger partial charge in [0.25, 0.3) is 5.56 Å². The molecule has 2 N–H and O–H groups in total. The molecule has 0 saturated heterocycles. The summed E-state index contributed by atoms with van der Waals surface area (Å²) in [4.78, 5) is 13.3. The molecular weight excluding hydrogens is 590 g/mol. The zero-order valence-corrected chi connectivity index (χ0v) is 25.7. The van der Waals surface area contributed by atoms with E-state index < -0.39 is 23.0 Å². The van der Waals surface area contributed by atoms with Gasteiger partial charge in [-0.2, -0.15) is 0 Å². The highest BCUT2D eigenvalue weighted by molar-refractivity contribution is 7.93. The lowest BCUT2D eigenvalue weighted by atomic mass is 10.0. The average Bonchev–Trinajstić information content (AvgIpc) is 3.42. The standard InChI is InChI=1S/C33H32F2N2O6S/c1-18(2)44(40)36-23-7-9-28(42-29-8-6-22(34)14-27(29)35)24(15-23)26-17-37(5)33(39)25-16-30(43-32(25)26)21-12-19(3)31(20(4)13-21)41-11-10-38/h6-9,12-18,36,38H,10-11H2,1-5H3. The Bertz CT molecular complexity index is 1880. The van der Waals surface area contributed by atoms with E-state index in [0.29, 0.717) is 39.3 Å². The van der Waals surface area contributed by atoms with Crippen LogP contribution in [0.15, 0.2) is 70.0 Å². The van der Waals surface area contributed by atoms with Crippen molar-refractivity contribution in [3.05, 3.63) is 93.9 Å². The van der Waals surface area contributed by atoms with Crippen molar-refractivity contribution in [2.24, 2.45) is 7.05 Å². The second kappa shape index (κ2) is 12.7. The Morgan fingerprint density at radius 3 is 2.39 bits per heavy atom. The van der Waals surface area contributed by atoms with Crippen molar-refractivity contribution in [2.45, 2.75) is 32.9 Å². The molecule has 1 atom stereocenters. The molecule has 5 rings (SSSR count). The number of ether oxygens (including phenoxy) is 2. The number of hydrogen-bond acceptors (Lipinski definition) is 7. The molecule has 2 heterocycles. The molecule has 230 valence electrons. The topological polar surface area (TPSA) is 109 Å². The molecule has 44 heavy (non-hydrogen) atoms. The molecule has 8 nitrogen and oxygen atoms in total. The first kappa shape index (κ1) is 31.1. The summed E-state index contributed by atoms with van der Waals surface area (Å²) < 4.78 is 63.2. The second-order valence-electron chi connectivity index (χ2n) is 10.7. The predicted molar refractivity (Wildman–Crippen MR) is 168 cm³/mol. The number of aryl methyl sites for hydroxylation is 3. The number of aliphatic hydroxyl groups excluding tert-OH is 1. The predicted octanol–water partition coefficient (Wildman–Crippen LogP) is 7.01. The largest absolute Gasteiger partial charge is 0.593 e. The van der Waals surface area contributed by atoms with E-state index in [2.05, 4.69) is 4.72 Å². The molecule has 0 fully saturated rings. The normalized spacial score (nSPS) is 12.1. The first-order valence-electron chi connectivity index (χ1n) is 13.9. The zero-order chi connectivity index (χ0) is 31.7. The van der Waals surface area contributed by atoms with E-state index in [0.717, 1.165) is 23.3 Å². The number of aliphatic hydroxyl groups is 1. The molecule has 0 bridgehead atoms. The van der Waals surface area contributed by atoms with E-state index in [4.69, 9.17) is 19.0 Å². The fraction of sp³-hybridized carbons (Fsp3) is 0.242. The second-order valence-corrected chi connectivity index (χ2v) is 12.4. The average molecular weight is 623 g/mol. The molecule has 0 aliphatic rings. The third kappa shape index (κ3) is 6.30. The molecule has 0 amide bonds. The SMILES string of the molecule is Cc1cc(-c2cc3c(=O)n(C)cc(-c4cc(N[S+]([O-])C(C)C)ccc4Oc4ccc(F)cc4F)c3o2)cc(C)c1OCCO. The molecule has 0 spiro atoms. The molecule has 0 saturated carbocycles. The van der Waals surface area contributed by atoms with Crippen LogP contribution in [0.3, 0.4) is 0 Å². The third-order valence-corrected chi connectivity index (χ3v) is 8.26. The van der Waals surface area contributed by atoms with Crippen molar-refractivity contribution in [2.75, 3.05) is 17.9 Å². The fourth-order valence-electron chi connectivity index (χ4n) is 4.86. The van der Waals surface area contributed by atoms with E-state index in [-0.39, 0.29) is 41.1 Å². The first-order valence-corrected chi connectivity index (χ1v) is 15.1. The van der Waals surface area contributed by atoms with E-state index >= 15 is 0 Å². The number of benzene rings is 3. The Labute approximate surface area is 256 Å². The van der Waals surface area contributed by atoms with Crippen molar-refractivity contribution < 1.29 is 32.3 Å². The quantitative estimate of drug-likeness (QED) is 0.161. The van der Waals surface area contributed by atoms with E-state index in [1.54, 1.807) is 37.5 Å². The summed E-state index contributed by atoms with van der Waals surface area (Å²) in [6.07, 6.45) is 1.59. The molecule has 0 aliphatic heterocycles. The number of nitrogens with one attached hydrogen (secondary N) is 1. The number of nitrogens with zero attached hydrogens (tertiary/aromatic N) is 1. The van der Waals surface area contributed by atoms with E-state index in [1.165, 1.54) is 10.6 Å². The van der Waals surface area contributed by atoms with Crippen LogP contribution in [-0.2, 0) is 18.4 Å². The van der Waals surface area contributed by atoms with Crippen LogP contribution in [0.2, 0.25) is 0 Å². The van der Waals surface area contributed by atoms with Gasteiger partial charge in [-0.05, 0) is 87.4 Å². The molecule has 2 aromatic heterocycles. The highest BCUT2D eigenvalue weighted by Crippen LogP contribution is 2.41. The van der Waals surface area contributed by atoms with Gasteiger partial charge < -0.3 is 28.1 Å². The summed E-state index contributed by atoms with van der Waals surface area (Å²) >= 11 is -1.40. The fourth-order valence-corrected chi connectivity index (χ4v) is 5.45. The lowest BCUT2D eigenvalue weighted by Crippen LogP contribution is -2.22. The van der Waals surface area contributed by atoms with Gasteiger partial charge in [0.15, 0.2) is 11.6 Å². The maximum atomic E-state index is 14.6. The number of fused-ring (bicyclic) bond motifs is 1. The molecule has 3 aromatic carbocycles. The van der Waals surface area contributed by atoms with Gasteiger partial charge in [0, 0.05) is 36.0 Å². The number of anilines is 1. The Morgan fingerprint density at radius 2 is 1.73 bits per heavy atom. The highest BCUT2D eigenvalue weighted by Gasteiger charge is 2.22. The van der Waals surface area contributed by atoms with Gasteiger partial charge in [0.1, 0.15) is 40.5 Å². The molecular formula is C33H32F2N2O6S. The van der Waals surface area contributed by atoms with Gasteiger partial charge in [-0.3, -0.25) is 4.79 Å². The number of rotatable bonds is 10. The number of furan rings is 1. The summed E-state index contributed by atoms with van der Waals surface area (Å²) in [6, 6.07) is 13.3. The lowest BCUT2D eigenvalue weighted by Gasteiger charge is -2.18. The van der Waals surface area contributed by atoms with Crippen LogP contribution in [-0.4, -0.2) is 32.7 Å². The molecule has 5 aromatic rings. The smallest absolute Gasteiger partial charge is 0.261 e. The number of aromatic nitrogens is 1. The first-order chi connectivity index (χ1) is 21.0. The Morgan fingerprint density at radius 1 is 1.02 bits per heavy atom. The maximum Gasteiger partial charge on any atom is 0.261 e. The summed E-state index contributed by atoms with van der Waals surface area (Å²) in [7, 11) is 1.61. The van der Waals surface area contributed by atoms with Crippen LogP contribution in [0.1, 0.15) is 25.0 Å². The van der Waals surface area contributed by atoms with Gasteiger partial charge >= 0.3 is 0 Å². The van der Waals surface area contributed by atoms with Crippen molar-refractivity contribution in [3.8, 4) is 39.7 Å². The lowest BCUT2D eigenvalue weighted by molar-refractivity contribution is 0.200. The summed E-state index contributed by atoms with van der Waals surface area (Å²) in [5.74, 6) is -0.532. The van der Waals surface area contributed by atoms with Crippen molar-refractivity contribution in [1.82, 2.24) is 4.57 Å². The summed E-state index contributed by atoms with van der Waals surface area (Å²) in [5.41, 5.74) is 3.72. The molecule has 11 heteroatoms. The number of halogens is 2. The van der Waals surface area contributed by atoms with Gasteiger partial charge in [-0.25, -0.2) is 13.5 Å². The number of pyridine rings is 1. The molecule has 0 aliphatic carbocycles. The van der Waals surface area contributed by atoms with Crippen molar-refractivity contribution >= 4 is 28.0 Å². The Balaban J connectivity index is 1.69. The van der Waals surface area contributed by atoms with Gasteiger partial charge in [0.05, 0.1) is 29.0 Å². The van der Waals surface area contributed by atoms with Gasteiger partial charge in [-0.15, -0.1) is 0 Å². The summed E-state index contributed by atoms with van der Waals surface area (Å²) in [6.45, 7) is 7.45. The zero-order valence-electron chi connectivity index (χ0n) is 24.9. The van der Waals surface area contributed by atoms with Gasteiger partial charge in [-0.1, -0.05) is 0 Å². The van der Waals surface area contributed by atoms with Crippen LogP contribution < -0.4 is 19.8 Å². The van der Waals surface area contributed by atoms with Crippen LogP contribution in [0.25, 0.3) is 33.4 Å². The Kier molecular flexibility index (Phi) is 9.00.